The predicted octanol–water partition coefficient (Wildman–Crippen LogP) is 3.66. The molecule has 4 nitrogen and oxygen atoms in total. The number of pyridine rings is 1. The van der Waals surface area contributed by atoms with E-state index in [1.54, 1.807) is 6.20 Å². The predicted molar refractivity (Wildman–Crippen MR) is 91.1 cm³/mol. The van der Waals surface area contributed by atoms with E-state index in [9.17, 15) is 9.59 Å². The van der Waals surface area contributed by atoms with E-state index in [-0.39, 0.29) is 11.0 Å². The van der Waals surface area contributed by atoms with Crippen LogP contribution in [0.25, 0.3) is 16.8 Å². The summed E-state index contributed by atoms with van der Waals surface area (Å²) in [6, 6.07) is 7.79. The number of aromatic amines is 1. The monoisotopic (exact) mass is 311 g/mol. The van der Waals surface area contributed by atoms with Gasteiger partial charge in [-0.15, -0.1) is 0 Å². The van der Waals surface area contributed by atoms with E-state index >= 15 is 0 Å². The topological polar surface area (TPSA) is 59.2 Å². The number of carbonyl (C=O) groups excluding carboxylic acids is 1. The van der Waals surface area contributed by atoms with Crippen molar-refractivity contribution in [3.05, 3.63) is 52.5 Å². The van der Waals surface area contributed by atoms with Crippen molar-refractivity contribution >= 4 is 23.3 Å². The summed E-state index contributed by atoms with van der Waals surface area (Å²) in [5, 5.41) is 1.65. The van der Waals surface area contributed by atoms with Crippen LogP contribution in [0.15, 0.2) is 41.3 Å². The van der Waals surface area contributed by atoms with Crippen LogP contribution in [0.1, 0.15) is 37.7 Å². The fourth-order valence-corrected chi connectivity index (χ4v) is 3.49. The number of hydrogen-bond donors (Lipinski definition) is 1. The van der Waals surface area contributed by atoms with Gasteiger partial charge in [0, 0.05) is 17.0 Å². The van der Waals surface area contributed by atoms with Crippen LogP contribution < -0.4 is 5.56 Å². The van der Waals surface area contributed by atoms with E-state index < -0.39 is 0 Å². The summed E-state index contributed by atoms with van der Waals surface area (Å²) in [6.07, 6.45) is 11.3. The van der Waals surface area contributed by atoms with Crippen molar-refractivity contribution in [2.75, 3.05) is 6.61 Å². The normalized spacial score (nSPS) is 16.9. The average Bonchev–Trinajstić information content (AvgIpc) is 3.03. The van der Waals surface area contributed by atoms with Gasteiger partial charge in [-0.25, -0.2) is 0 Å². The summed E-state index contributed by atoms with van der Waals surface area (Å²) >= 11 is 0. The third kappa shape index (κ3) is 3.52. The smallest absolute Gasteiger partial charge is 0.293 e. The van der Waals surface area contributed by atoms with Crippen molar-refractivity contribution in [1.82, 2.24) is 4.98 Å². The number of H-pyrrole nitrogens is 1. The number of rotatable bonds is 6. The van der Waals surface area contributed by atoms with Crippen molar-refractivity contribution in [2.45, 2.75) is 32.1 Å². The minimum absolute atomic E-state index is 0.0654. The molecule has 1 N–H and O–H groups in total. The summed E-state index contributed by atoms with van der Waals surface area (Å²) in [6.45, 7) is 1.04. The van der Waals surface area contributed by atoms with Gasteiger partial charge in [-0.3, -0.25) is 9.59 Å². The Morgan fingerprint density at radius 1 is 1.22 bits per heavy atom. The quantitative estimate of drug-likeness (QED) is 0.828. The second-order valence-corrected chi connectivity index (χ2v) is 6.37. The van der Waals surface area contributed by atoms with Crippen LogP contribution in [-0.2, 0) is 9.53 Å². The molecule has 1 aliphatic carbocycles. The van der Waals surface area contributed by atoms with Crippen molar-refractivity contribution in [2.24, 2.45) is 5.41 Å². The molecule has 1 heterocycles. The lowest BCUT2D eigenvalue weighted by Crippen LogP contribution is -2.22. The van der Waals surface area contributed by atoms with Crippen molar-refractivity contribution in [3.63, 3.8) is 0 Å². The van der Waals surface area contributed by atoms with Crippen LogP contribution in [0.4, 0.5) is 0 Å². The second kappa shape index (κ2) is 6.82. The Morgan fingerprint density at radius 2 is 2.04 bits per heavy atom. The number of carbonyl (C=O) groups is 1. The molecular weight excluding hydrogens is 290 g/mol. The Bertz CT molecular complexity index is 770. The molecule has 1 aromatic carbocycles. The van der Waals surface area contributed by atoms with Crippen LogP contribution in [-0.4, -0.2) is 18.1 Å². The van der Waals surface area contributed by atoms with E-state index in [2.05, 4.69) is 11.1 Å². The highest BCUT2D eigenvalue weighted by molar-refractivity contribution is 5.83. The average molecular weight is 311 g/mol. The van der Waals surface area contributed by atoms with Gasteiger partial charge in [0.1, 0.15) is 0 Å². The lowest BCUT2D eigenvalue weighted by Gasteiger charge is -2.26. The number of ether oxygens (including phenoxy) is 1. The van der Waals surface area contributed by atoms with Crippen molar-refractivity contribution < 1.29 is 9.53 Å². The molecule has 0 aliphatic heterocycles. The summed E-state index contributed by atoms with van der Waals surface area (Å²) in [5.74, 6) is 0. The molecule has 2 aromatic rings. The molecule has 0 atom stereocenters. The highest BCUT2D eigenvalue weighted by Gasteiger charge is 2.33. The van der Waals surface area contributed by atoms with Crippen LogP contribution in [0, 0.1) is 5.41 Å². The molecule has 1 saturated carbocycles. The molecule has 1 aliphatic rings. The number of fused-ring (bicyclic) bond motifs is 1. The van der Waals surface area contributed by atoms with Crippen molar-refractivity contribution in [1.29, 1.82) is 0 Å². The minimum Gasteiger partial charge on any atom is -0.467 e. The van der Waals surface area contributed by atoms with E-state index in [0.29, 0.717) is 18.5 Å². The van der Waals surface area contributed by atoms with Gasteiger partial charge >= 0.3 is 0 Å². The van der Waals surface area contributed by atoms with Gasteiger partial charge in [-0.05, 0) is 42.3 Å². The number of hydrogen-bond acceptors (Lipinski definition) is 3. The van der Waals surface area contributed by atoms with Gasteiger partial charge in [0.2, 0.25) is 0 Å². The maximum Gasteiger partial charge on any atom is 0.293 e. The van der Waals surface area contributed by atoms with Gasteiger partial charge in [-0.2, -0.15) is 0 Å². The third-order valence-corrected chi connectivity index (χ3v) is 4.78. The highest BCUT2D eigenvalue weighted by Crippen LogP contribution is 2.41. The van der Waals surface area contributed by atoms with Gasteiger partial charge in [0.25, 0.3) is 12.0 Å². The summed E-state index contributed by atoms with van der Waals surface area (Å²) in [7, 11) is 0. The standard InChI is InChI=1S/C19H21NO3/c21-14-23-13-19(8-1-2-9-19)10-3-4-15-5-6-16-7-11-20-18(22)17(16)12-15/h3-7,11-12,14H,1-2,8-10,13H2,(H,20,22)/b4-3+. The molecule has 0 amide bonds. The van der Waals surface area contributed by atoms with Crippen molar-refractivity contribution in [3.8, 4) is 0 Å². The molecule has 0 bridgehead atoms. The van der Waals surface area contributed by atoms with E-state index in [1.165, 1.54) is 12.8 Å². The molecule has 0 radical (unpaired) electrons. The van der Waals surface area contributed by atoms with Gasteiger partial charge in [-0.1, -0.05) is 37.1 Å². The number of allylic oxidation sites excluding steroid dienone is 1. The molecule has 1 aromatic heterocycles. The maximum absolute atomic E-state index is 11.9. The maximum atomic E-state index is 11.9. The Hall–Kier alpha value is -2.36. The number of nitrogens with one attached hydrogen (secondary N) is 1. The first-order chi connectivity index (χ1) is 11.2. The molecule has 0 unspecified atom stereocenters. The van der Waals surface area contributed by atoms with Crippen LogP contribution in [0.5, 0.6) is 0 Å². The summed E-state index contributed by atoms with van der Waals surface area (Å²) in [4.78, 5) is 25.0. The molecular formula is C19H21NO3. The first kappa shape index (κ1) is 15.5. The molecule has 120 valence electrons. The zero-order valence-electron chi connectivity index (χ0n) is 13.1. The van der Waals surface area contributed by atoms with E-state index in [0.717, 1.165) is 30.2 Å². The summed E-state index contributed by atoms with van der Waals surface area (Å²) < 4.78 is 5.04. The molecule has 1 fully saturated rings. The second-order valence-electron chi connectivity index (χ2n) is 6.37. The van der Waals surface area contributed by atoms with Crippen LogP contribution >= 0.6 is 0 Å². The number of benzene rings is 1. The minimum atomic E-state index is -0.0654. The Morgan fingerprint density at radius 3 is 2.83 bits per heavy atom. The first-order valence-corrected chi connectivity index (χ1v) is 8.06. The van der Waals surface area contributed by atoms with Crippen LogP contribution in [0.3, 0.4) is 0 Å². The zero-order valence-corrected chi connectivity index (χ0v) is 13.1. The fourth-order valence-electron chi connectivity index (χ4n) is 3.49. The van der Waals surface area contributed by atoms with Gasteiger partial charge in [0.15, 0.2) is 0 Å². The first-order valence-electron chi connectivity index (χ1n) is 8.06. The lowest BCUT2D eigenvalue weighted by molar-refractivity contribution is -0.132. The van der Waals surface area contributed by atoms with E-state index in [4.69, 9.17) is 4.74 Å². The van der Waals surface area contributed by atoms with Crippen LogP contribution in [0.2, 0.25) is 0 Å². The van der Waals surface area contributed by atoms with Gasteiger partial charge < -0.3 is 9.72 Å². The largest absolute Gasteiger partial charge is 0.467 e. The SMILES string of the molecule is O=COCC1(C/C=C/c2ccc3cc[nH]c(=O)c3c2)CCCC1. The Labute approximate surface area is 135 Å². The van der Waals surface area contributed by atoms with E-state index in [1.807, 2.05) is 30.3 Å². The number of aromatic nitrogens is 1. The Balaban J connectivity index is 1.75. The lowest BCUT2D eigenvalue weighted by atomic mass is 9.83. The molecule has 23 heavy (non-hydrogen) atoms. The fraction of sp³-hybridized carbons (Fsp3) is 0.368. The highest BCUT2D eigenvalue weighted by atomic mass is 16.5. The Kier molecular flexibility index (Phi) is 4.60. The zero-order chi connectivity index (χ0) is 16.1. The summed E-state index contributed by atoms with van der Waals surface area (Å²) in [5.41, 5.74) is 1.04. The third-order valence-electron chi connectivity index (χ3n) is 4.78. The molecule has 0 spiro atoms. The van der Waals surface area contributed by atoms with Gasteiger partial charge in [0.05, 0.1) is 6.61 Å². The molecule has 0 saturated heterocycles. The molecule has 3 rings (SSSR count). The molecule has 4 heteroatoms.